The van der Waals surface area contributed by atoms with E-state index in [1.165, 1.54) is 5.56 Å². The maximum atomic E-state index is 5.73. The third kappa shape index (κ3) is 2.48. The van der Waals surface area contributed by atoms with Gasteiger partial charge in [-0.2, -0.15) is 0 Å². The van der Waals surface area contributed by atoms with Gasteiger partial charge in [-0.15, -0.1) is 5.10 Å². The van der Waals surface area contributed by atoms with Crippen LogP contribution in [0.2, 0.25) is 0 Å². The van der Waals surface area contributed by atoms with Gasteiger partial charge in [-0.05, 0) is 18.6 Å². The second-order valence-corrected chi connectivity index (χ2v) is 4.58. The van der Waals surface area contributed by atoms with Crippen LogP contribution in [0.25, 0.3) is 0 Å². The lowest BCUT2D eigenvalue weighted by Gasteiger charge is -2.03. The van der Waals surface area contributed by atoms with Crippen LogP contribution < -0.4 is 5.73 Å². The van der Waals surface area contributed by atoms with Gasteiger partial charge in [0, 0.05) is 10.5 Å². The number of benzene rings is 1. The smallest absolute Gasteiger partial charge is 0.0991 e. The highest BCUT2D eigenvalue weighted by Crippen LogP contribution is 2.17. The molecule has 5 heteroatoms. The molecule has 2 aromatic rings. The van der Waals surface area contributed by atoms with Gasteiger partial charge in [-0.3, -0.25) is 0 Å². The number of nitrogens with zero attached hydrogens (tertiary/aromatic N) is 3. The summed E-state index contributed by atoms with van der Waals surface area (Å²) >= 11 is 3.50. The van der Waals surface area contributed by atoms with Gasteiger partial charge in [-0.25, -0.2) is 4.68 Å². The molecule has 1 atom stereocenters. The quantitative estimate of drug-likeness (QED) is 0.937. The van der Waals surface area contributed by atoms with Crippen LogP contribution in [-0.2, 0) is 6.54 Å². The van der Waals surface area contributed by atoms with Crippen molar-refractivity contribution >= 4 is 15.9 Å². The Morgan fingerprint density at radius 2 is 2.19 bits per heavy atom. The van der Waals surface area contributed by atoms with E-state index in [-0.39, 0.29) is 6.04 Å². The molecule has 16 heavy (non-hydrogen) atoms. The van der Waals surface area contributed by atoms with E-state index in [2.05, 4.69) is 32.3 Å². The van der Waals surface area contributed by atoms with Crippen LogP contribution in [0.5, 0.6) is 0 Å². The third-order valence-corrected chi connectivity index (χ3v) is 3.09. The second kappa shape index (κ2) is 4.76. The predicted molar refractivity (Wildman–Crippen MR) is 65.9 cm³/mol. The molecule has 1 heterocycles. The Labute approximate surface area is 103 Å². The van der Waals surface area contributed by atoms with E-state index in [1.807, 2.05) is 31.3 Å². The van der Waals surface area contributed by atoms with Crippen molar-refractivity contribution in [3.8, 4) is 0 Å². The number of rotatable bonds is 3. The van der Waals surface area contributed by atoms with Crippen molar-refractivity contribution in [2.75, 3.05) is 0 Å². The average molecular weight is 281 g/mol. The van der Waals surface area contributed by atoms with E-state index in [4.69, 9.17) is 5.73 Å². The zero-order valence-corrected chi connectivity index (χ0v) is 10.6. The zero-order chi connectivity index (χ0) is 11.5. The van der Waals surface area contributed by atoms with E-state index >= 15 is 0 Å². The van der Waals surface area contributed by atoms with Gasteiger partial charge in [0.1, 0.15) is 0 Å². The second-order valence-electron chi connectivity index (χ2n) is 3.72. The summed E-state index contributed by atoms with van der Waals surface area (Å²) < 4.78 is 2.87. The molecule has 0 saturated carbocycles. The average Bonchev–Trinajstić information content (AvgIpc) is 2.70. The van der Waals surface area contributed by atoms with Crippen LogP contribution in [-0.4, -0.2) is 15.0 Å². The van der Waals surface area contributed by atoms with Crippen molar-refractivity contribution < 1.29 is 0 Å². The van der Waals surface area contributed by atoms with Gasteiger partial charge in [0.15, 0.2) is 0 Å². The van der Waals surface area contributed by atoms with Gasteiger partial charge >= 0.3 is 0 Å². The monoisotopic (exact) mass is 280 g/mol. The number of halogens is 1. The normalized spacial score (nSPS) is 12.7. The first-order valence-corrected chi connectivity index (χ1v) is 5.85. The van der Waals surface area contributed by atoms with Crippen molar-refractivity contribution in [2.24, 2.45) is 5.73 Å². The summed E-state index contributed by atoms with van der Waals surface area (Å²) in [6, 6.07) is 7.98. The van der Waals surface area contributed by atoms with Gasteiger partial charge in [0.05, 0.1) is 18.4 Å². The molecule has 0 aliphatic heterocycles. The minimum absolute atomic E-state index is 0.0760. The molecule has 0 fully saturated rings. The van der Waals surface area contributed by atoms with Crippen LogP contribution >= 0.6 is 15.9 Å². The summed E-state index contributed by atoms with van der Waals surface area (Å²) in [5.74, 6) is 0. The molecule has 0 aliphatic rings. The van der Waals surface area contributed by atoms with E-state index in [0.717, 1.165) is 10.2 Å². The standard InChI is InChI=1S/C11H13BrN4/c1-8(13)11-7-16(15-14-11)6-9-4-2-3-5-10(9)12/h2-5,7-8H,6,13H2,1H3. The highest BCUT2D eigenvalue weighted by Gasteiger charge is 2.06. The minimum atomic E-state index is -0.0760. The molecule has 1 unspecified atom stereocenters. The Morgan fingerprint density at radius 1 is 1.44 bits per heavy atom. The Hall–Kier alpha value is -1.20. The highest BCUT2D eigenvalue weighted by molar-refractivity contribution is 9.10. The van der Waals surface area contributed by atoms with Crippen molar-refractivity contribution in [1.82, 2.24) is 15.0 Å². The molecular formula is C11H13BrN4. The van der Waals surface area contributed by atoms with Gasteiger partial charge < -0.3 is 5.73 Å². The lowest BCUT2D eigenvalue weighted by Crippen LogP contribution is -2.05. The molecule has 0 radical (unpaired) electrons. The summed E-state index contributed by atoms with van der Waals surface area (Å²) in [6.45, 7) is 2.59. The Kier molecular flexibility index (Phi) is 3.36. The SMILES string of the molecule is CC(N)c1cn(Cc2ccccc2Br)nn1. The highest BCUT2D eigenvalue weighted by atomic mass is 79.9. The third-order valence-electron chi connectivity index (χ3n) is 2.31. The van der Waals surface area contributed by atoms with Crippen LogP contribution in [0, 0.1) is 0 Å². The molecule has 0 bridgehead atoms. The lowest BCUT2D eigenvalue weighted by molar-refractivity contribution is 0.647. The number of hydrogen-bond donors (Lipinski definition) is 1. The fourth-order valence-corrected chi connectivity index (χ4v) is 1.81. The topological polar surface area (TPSA) is 56.7 Å². The molecule has 84 valence electrons. The molecule has 0 amide bonds. The van der Waals surface area contributed by atoms with Crippen molar-refractivity contribution in [1.29, 1.82) is 0 Å². The molecule has 2 rings (SSSR count). The molecule has 1 aromatic carbocycles. The number of hydrogen-bond acceptors (Lipinski definition) is 3. The summed E-state index contributed by atoms with van der Waals surface area (Å²) in [5, 5.41) is 8.05. The summed E-state index contributed by atoms with van der Waals surface area (Å²) in [5.41, 5.74) is 7.71. The van der Waals surface area contributed by atoms with Gasteiger partial charge in [-0.1, -0.05) is 39.3 Å². The summed E-state index contributed by atoms with van der Waals surface area (Å²) in [7, 11) is 0. The maximum absolute atomic E-state index is 5.73. The van der Waals surface area contributed by atoms with Crippen LogP contribution in [0.1, 0.15) is 24.2 Å². The predicted octanol–water partition coefficient (Wildman–Crippen LogP) is 2.11. The minimum Gasteiger partial charge on any atom is -0.323 e. The summed E-state index contributed by atoms with van der Waals surface area (Å²) in [4.78, 5) is 0. The molecule has 0 spiro atoms. The van der Waals surface area contributed by atoms with Gasteiger partial charge in [0.2, 0.25) is 0 Å². The van der Waals surface area contributed by atoms with E-state index in [0.29, 0.717) is 6.54 Å². The largest absolute Gasteiger partial charge is 0.323 e. The molecule has 0 aliphatic carbocycles. The first-order valence-electron chi connectivity index (χ1n) is 5.06. The first-order chi connectivity index (χ1) is 7.66. The first kappa shape index (κ1) is 11.3. The van der Waals surface area contributed by atoms with E-state index in [9.17, 15) is 0 Å². The van der Waals surface area contributed by atoms with Crippen molar-refractivity contribution in [3.63, 3.8) is 0 Å². The molecular weight excluding hydrogens is 268 g/mol. The molecule has 4 nitrogen and oxygen atoms in total. The number of aromatic nitrogens is 3. The Bertz CT molecular complexity index is 478. The van der Waals surface area contributed by atoms with E-state index in [1.54, 1.807) is 4.68 Å². The van der Waals surface area contributed by atoms with Crippen LogP contribution in [0.3, 0.4) is 0 Å². The van der Waals surface area contributed by atoms with E-state index < -0.39 is 0 Å². The lowest BCUT2D eigenvalue weighted by atomic mass is 10.2. The van der Waals surface area contributed by atoms with Crippen LogP contribution in [0.15, 0.2) is 34.9 Å². The molecule has 1 aromatic heterocycles. The fourth-order valence-electron chi connectivity index (χ4n) is 1.40. The van der Waals surface area contributed by atoms with Crippen LogP contribution in [0.4, 0.5) is 0 Å². The van der Waals surface area contributed by atoms with Crippen molar-refractivity contribution in [2.45, 2.75) is 19.5 Å². The number of nitrogens with two attached hydrogens (primary N) is 1. The Balaban J connectivity index is 2.18. The van der Waals surface area contributed by atoms with Gasteiger partial charge in [0.25, 0.3) is 0 Å². The Morgan fingerprint density at radius 3 is 2.81 bits per heavy atom. The summed E-state index contributed by atoms with van der Waals surface area (Å²) in [6.07, 6.45) is 1.88. The fraction of sp³-hybridized carbons (Fsp3) is 0.273. The maximum Gasteiger partial charge on any atom is 0.0991 e. The zero-order valence-electron chi connectivity index (χ0n) is 8.97. The molecule has 2 N–H and O–H groups in total. The van der Waals surface area contributed by atoms with Crippen molar-refractivity contribution in [3.05, 3.63) is 46.2 Å². The molecule has 0 saturated heterocycles.